The van der Waals surface area contributed by atoms with Crippen LogP contribution in [0, 0.1) is 0 Å². The minimum atomic E-state index is -0.390. The Balaban J connectivity index is 1.74. The summed E-state index contributed by atoms with van der Waals surface area (Å²) in [5.41, 5.74) is 1.14. The van der Waals surface area contributed by atoms with Crippen molar-refractivity contribution in [3.8, 4) is 11.5 Å². The van der Waals surface area contributed by atoms with Gasteiger partial charge in [0.15, 0.2) is 11.5 Å². The Morgan fingerprint density at radius 1 is 1.10 bits per heavy atom. The molecule has 2 N–H and O–H groups in total. The van der Waals surface area contributed by atoms with E-state index in [1.54, 1.807) is 24.3 Å². The molecule has 1 saturated carbocycles. The number of nitrogens with one attached hydrogen (secondary N) is 2. The first-order valence-corrected chi connectivity index (χ1v) is 10.1. The summed E-state index contributed by atoms with van der Waals surface area (Å²) >= 11 is 12.5. The second-order valence-electron chi connectivity index (χ2n) is 6.73. The lowest BCUT2D eigenvalue weighted by atomic mass is 10.1. The van der Waals surface area contributed by atoms with Crippen molar-refractivity contribution in [3.05, 3.63) is 51.5 Å². The molecule has 0 saturated heterocycles. The van der Waals surface area contributed by atoms with Crippen molar-refractivity contribution >= 4 is 40.7 Å². The molecule has 0 spiro atoms. The van der Waals surface area contributed by atoms with E-state index in [0.29, 0.717) is 34.9 Å². The fourth-order valence-corrected chi connectivity index (χ4v) is 3.20. The van der Waals surface area contributed by atoms with Crippen molar-refractivity contribution in [1.29, 1.82) is 0 Å². The van der Waals surface area contributed by atoms with Crippen LogP contribution in [0.1, 0.15) is 46.9 Å². The maximum Gasteiger partial charge on any atom is 0.255 e. The van der Waals surface area contributed by atoms with Crippen molar-refractivity contribution < 1.29 is 19.1 Å². The van der Waals surface area contributed by atoms with Crippen molar-refractivity contribution in [2.24, 2.45) is 0 Å². The molecular formula is C21H22Cl2N2O4. The van der Waals surface area contributed by atoms with Crippen LogP contribution in [0.3, 0.4) is 0 Å². The van der Waals surface area contributed by atoms with Gasteiger partial charge >= 0.3 is 0 Å². The highest BCUT2D eigenvalue weighted by Crippen LogP contribution is 2.36. The Morgan fingerprint density at radius 2 is 1.86 bits per heavy atom. The fraction of sp³-hybridized carbons (Fsp3) is 0.333. The maximum atomic E-state index is 12.7. The molecule has 0 radical (unpaired) electrons. The quantitative estimate of drug-likeness (QED) is 0.614. The largest absolute Gasteiger partial charge is 0.493 e. The van der Waals surface area contributed by atoms with Crippen molar-refractivity contribution in [1.82, 2.24) is 5.32 Å². The van der Waals surface area contributed by atoms with Gasteiger partial charge in [-0.2, -0.15) is 0 Å². The molecule has 29 heavy (non-hydrogen) atoms. The monoisotopic (exact) mass is 436 g/mol. The molecule has 2 aromatic carbocycles. The highest BCUT2D eigenvalue weighted by atomic mass is 35.5. The van der Waals surface area contributed by atoms with Crippen LogP contribution in [-0.2, 0) is 0 Å². The molecular weight excluding hydrogens is 415 g/mol. The molecule has 2 amide bonds. The zero-order valence-corrected chi connectivity index (χ0v) is 17.7. The Bertz CT molecular complexity index is 929. The molecule has 2 aromatic rings. The van der Waals surface area contributed by atoms with Crippen molar-refractivity contribution in [3.63, 3.8) is 0 Å². The van der Waals surface area contributed by atoms with Gasteiger partial charge in [-0.15, -0.1) is 0 Å². The summed E-state index contributed by atoms with van der Waals surface area (Å²) < 4.78 is 10.9. The molecule has 0 heterocycles. The number of ether oxygens (including phenoxy) is 2. The second kappa shape index (κ2) is 9.37. The molecule has 0 unspecified atom stereocenters. The number of amides is 2. The van der Waals surface area contributed by atoms with Crippen LogP contribution in [0.2, 0.25) is 10.0 Å². The Morgan fingerprint density at radius 3 is 2.48 bits per heavy atom. The SMILES string of the molecule is CCCOc1c(Cl)cc(C(=O)Nc2ccc(C(=O)NC3CC3)c(Cl)c2)cc1OC. The van der Waals surface area contributed by atoms with Crippen LogP contribution < -0.4 is 20.1 Å². The number of rotatable bonds is 8. The Hall–Kier alpha value is -2.44. The van der Waals surface area contributed by atoms with Gasteiger partial charge < -0.3 is 20.1 Å². The summed E-state index contributed by atoms with van der Waals surface area (Å²) in [5, 5.41) is 6.18. The third-order valence-electron chi connectivity index (χ3n) is 4.33. The molecule has 0 bridgehead atoms. The summed E-state index contributed by atoms with van der Waals surface area (Å²) in [6.07, 6.45) is 2.80. The van der Waals surface area contributed by atoms with Gasteiger partial charge in [0.2, 0.25) is 0 Å². The number of methoxy groups -OCH3 is 1. The molecule has 1 aliphatic rings. The molecule has 1 fully saturated rings. The van der Waals surface area contributed by atoms with Gasteiger partial charge in [-0.25, -0.2) is 0 Å². The second-order valence-corrected chi connectivity index (χ2v) is 7.55. The van der Waals surface area contributed by atoms with Crippen LogP contribution in [-0.4, -0.2) is 31.6 Å². The standard InChI is InChI=1S/C21H22Cl2N2O4/c1-3-8-29-19-17(23)9-12(10-18(19)28-2)20(26)25-14-6-7-15(16(22)11-14)21(27)24-13-4-5-13/h6-7,9-11,13H,3-5,8H2,1-2H3,(H,24,27)(H,25,26). The third-order valence-corrected chi connectivity index (χ3v) is 4.92. The van der Waals surface area contributed by atoms with Crippen LogP contribution >= 0.6 is 23.2 Å². The lowest BCUT2D eigenvalue weighted by Crippen LogP contribution is -2.25. The van der Waals surface area contributed by atoms with Gasteiger partial charge in [0, 0.05) is 17.3 Å². The van der Waals surface area contributed by atoms with Crippen LogP contribution in [0.25, 0.3) is 0 Å². The average Bonchev–Trinajstić information content (AvgIpc) is 3.50. The number of hydrogen-bond donors (Lipinski definition) is 2. The van der Waals surface area contributed by atoms with E-state index >= 15 is 0 Å². The zero-order valence-electron chi connectivity index (χ0n) is 16.2. The number of carbonyl (C=O) groups excluding carboxylic acids is 2. The number of anilines is 1. The number of halogens is 2. The van der Waals surface area contributed by atoms with Gasteiger partial charge in [-0.3, -0.25) is 9.59 Å². The minimum Gasteiger partial charge on any atom is -0.493 e. The van der Waals surface area contributed by atoms with Gasteiger partial charge in [-0.05, 0) is 49.6 Å². The first-order chi connectivity index (χ1) is 13.9. The molecule has 0 aromatic heterocycles. The van der Waals surface area contributed by atoms with E-state index < -0.39 is 5.91 Å². The van der Waals surface area contributed by atoms with Gasteiger partial charge in [0.05, 0.1) is 29.3 Å². The molecule has 154 valence electrons. The number of carbonyl (C=O) groups is 2. The molecule has 0 aliphatic heterocycles. The van der Waals surface area contributed by atoms with E-state index in [1.807, 2.05) is 6.92 Å². The Labute approximate surface area is 179 Å². The van der Waals surface area contributed by atoms with Crippen LogP contribution in [0.15, 0.2) is 30.3 Å². The van der Waals surface area contributed by atoms with Gasteiger partial charge in [-0.1, -0.05) is 30.1 Å². The predicted octanol–water partition coefficient (Wildman–Crippen LogP) is 4.94. The van der Waals surface area contributed by atoms with Crippen LogP contribution in [0.5, 0.6) is 11.5 Å². The first-order valence-electron chi connectivity index (χ1n) is 9.35. The smallest absolute Gasteiger partial charge is 0.255 e. The average molecular weight is 437 g/mol. The van der Waals surface area contributed by atoms with E-state index in [0.717, 1.165) is 19.3 Å². The third kappa shape index (κ3) is 5.34. The van der Waals surface area contributed by atoms with E-state index in [1.165, 1.54) is 13.2 Å². The lowest BCUT2D eigenvalue weighted by molar-refractivity contribution is 0.0950. The van der Waals surface area contributed by atoms with E-state index in [-0.39, 0.29) is 22.0 Å². The van der Waals surface area contributed by atoms with E-state index in [9.17, 15) is 9.59 Å². The summed E-state index contributed by atoms with van der Waals surface area (Å²) in [5.74, 6) is 0.177. The molecule has 0 atom stereocenters. The predicted molar refractivity (Wildman–Crippen MR) is 114 cm³/mol. The first kappa shape index (κ1) is 21.3. The van der Waals surface area contributed by atoms with Crippen LogP contribution in [0.4, 0.5) is 5.69 Å². The molecule has 1 aliphatic carbocycles. The summed E-state index contributed by atoms with van der Waals surface area (Å²) in [4.78, 5) is 24.8. The van der Waals surface area contributed by atoms with Gasteiger partial charge in [0.1, 0.15) is 0 Å². The zero-order chi connectivity index (χ0) is 21.0. The lowest BCUT2D eigenvalue weighted by Gasteiger charge is -2.14. The minimum absolute atomic E-state index is 0.213. The summed E-state index contributed by atoms with van der Waals surface area (Å²) in [7, 11) is 1.48. The highest BCUT2D eigenvalue weighted by molar-refractivity contribution is 6.34. The molecule has 3 rings (SSSR count). The number of benzene rings is 2. The Kier molecular flexibility index (Phi) is 6.87. The topological polar surface area (TPSA) is 76.7 Å². The molecule has 6 nitrogen and oxygen atoms in total. The summed E-state index contributed by atoms with van der Waals surface area (Å²) in [6.45, 7) is 2.47. The summed E-state index contributed by atoms with van der Waals surface area (Å²) in [6, 6.07) is 8.07. The van der Waals surface area contributed by atoms with E-state index in [4.69, 9.17) is 32.7 Å². The molecule has 8 heteroatoms. The van der Waals surface area contributed by atoms with Crippen molar-refractivity contribution in [2.45, 2.75) is 32.2 Å². The van der Waals surface area contributed by atoms with E-state index in [2.05, 4.69) is 10.6 Å². The maximum absolute atomic E-state index is 12.7. The fourth-order valence-electron chi connectivity index (χ4n) is 2.67. The number of hydrogen-bond acceptors (Lipinski definition) is 4. The van der Waals surface area contributed by atoms with Crippen molar-refractivity contribution in [2.75, 3.05) is 19.0 Å². The highest BCUT2D eigenvalue weighted by Gasteiger charge is 2.25. The van der Waals surface area contributed by atoms with Gasteiger partial charge in [0.25, 0.3) is 11.8 Å². The normalized spacial score (nSPS) is 13.0.